The normalized spacial score (nSPS) is 14.5. The molecule has 0 spiro atoms. The van der Waals surface area contributed by atoms with Crippen molar-refractivity contribution in [3.8, 4) is 0 Å². The third-order valence-corrected chi connectivity index (χ3v) is 3.58. The van der Waals surface area contributed by atoms with Crippen LogP contribution in [0.1, 0.15) is 51.2 Å². The second-order valence-electron chi connectivity index (χ2n) is 5.72. The standard InChI is InChI=1S/C17H25NO2/c1-5-17(4,12-19)18-16(20)11-8-14-6-9-15(10-7-14)13(2)3/h6-11,13,19H,5,12H2,1-4H3,(H,18,20). The molecule has 0 aromatic heterocycles. The second kappa shape index (κ2) is 7.25. The van der Waals surface area contributed by atoms with Gasteiger partial charge in [-0.15, -0.1) is 0 Å². The van der Waals surface area contributed by atoms with E-state index in [4.69, 9.17) is 0 Å². The maximum Gasteiger partial charge on any atom is 0.244 e. The Labute approximate surface area is 121 Å². The van der Waals surface area contributed by atoms with Crippen molar-refractivity contribution in [2.24, 2.45) is 0 Å². The van der Waals surface area contributed by atoms with Crippen molar-refractivity contribution < 1.29 is 9.90 Å². The molecule has 3 heteroatoms. The molecule has 0 fully saturated rings. The second-order valence-corrected chi connectivity index (χ2v) is 5.72. The van der Waals surface area contributed by atoms with E-state index in [1.165, 1.54) is 11.6 Å². The van der Waals surface area contributed by atoms with Gasteiger partial charge in [0.05, 0.1) is 12.1 Å². The van der Waals surface area contributed by atoms with Crippen LogP contribution in [0.2, 0.25) is 0 Å². The van der Waals surface area contributed by atoms with Crippen LogP contribution in [0.15, 0.2) is 30.3 Å². The van der Waals surface area contributed by atoms with E-state index in [1.807, 2.05) is 26.0 Å². The molecular formula is C17H25NO2. The first-order valence-corrected chi connectivity index (χ1v) is 7.11. The molecule has 1 unspecified atom stereocenters. The van der Waals surface area contributed by atoms with Gasteiger partial charge in [0, 0.05) is 6.08 Å². The number of benzene rings is 1. The minimum absolute atomic E-state index is 0.0633. The lowest BCUT2D eigenvalue weighted by Crippen LogP contribution is -2.47. The zero-order valence-electron chi connectivity index (χ0n) is 12.8. The topological polar surface area (TPSA) is 49.3 Å². The molecule has 1 aromatic rings. The lowest BCUT2D eigenvalue weighted by Gasteiger charge is -2.26. The Hall–Kier alpha value is -1.61. The highest BCUT2D eigenvalue weighted by Crippen LogP contribution is 2.15. The summed E-state index contributed by atoms with van der Waals surface area (Å²) in [7, 11) is 0. The molecule has 0 aliphatic rings. The summed E-state index contributed by atoms with van der Waals surface area (Å²) in [4.78, 5) is 11.8. The Morgan fingerprint density at radius 2 is 1.95 bits per heavy atom. The van der Waals surface area contributed by atoms with Crippen molar-refractivity contribution in [3.05, 3.63) is 41.5 Å². The smallest absolute Gasteiger partial charge is 0.244 e. The number of carbonyl (C=O) groups excluding carboxylic acids is 1. The number of amides is 1. The Balaban J connectivity index is 2.65. The van der Waals surface area contributed by atoms with E-state index in [0.29, 0.717) is 12.3 Å². The summed E-state index contributed by atoms with van der Waals surface area (Å²) >= 11 is 0. The number of hydrogen-bond donors (Lipinski definition) is 2. The van der Waals surface area contributed by atoms with Gasteiger partial charge in [0.2, 0.25) is 5.91 Å². The quantitative estimate of drug-likeness (QED) is 0.784. The first kappa shape index (κ1) is 16.4. The average molecular weight is 275 g/mol. The molecule has 1 atom stereocenters. The molecule has 0 saturated carbocycles. The van der Waals surface area contributed by atoms with Crippen LogP contribution in [0.25, 0.3) is 6.08 Å². The van der Waals surface area contributed by atoms with Crippen molar-refractivity contribution >= 4 is 12.0 Å². The number of aliphatic hydroxyl groups excluding tert-OH is 1. The van der Waals surface area contributed by atoms with E-state index < -0.39 is 5.54 Å². The van der Waals surface area contributed by atoms with Crippen LogP contribution in [0.4, 0.5) is 0 Å². The molecule has 0 aliphatic carbocycles. The van der Waals surface area contributed by atoms with Crippen LogP contribution in [0.3, 0.4) is 0 Å². The third-order valence-electron chi connectivity index (χ3n) is 3.58. The minimum Gasteiger partial charge on any atom is -0.394 e. The highest BCUT2D eigenvalue weighted by molar-refractivity contribution is 5.92. The van der Waals surface area contributed by atoms with Crippen molar-refractivity contribution in [2.75, 3.05) is 6.61 Å². The van der Waals surface area contributed by atoms with Crippen molar-refractivity contribution in [2.45, 2.75) is 45.6 Å². The molecule has 0 radical (unpaired) electrons. The predicted octanol–water partition coefficient (Wildman–Crippen LogP) is 3.10. The Kier molecular flexibility index (Phi) is 5.96. The number of hydrogen-bond acceptors (Lipinski definition) is 2. The van der Waals surface area contributed by atoms with Crippen LogP contribution >= 0.6 is 0 Å². The van der Waals surface area contributed by atoms with Crippen LogP contribution < -0.4 is 5.32 Å². The summed E-state index contributed by atoms with van der Waals surface area (Å²) in [6.07, 6.45) is 3.98. The minimum atomic E-state index is -0.553. The molecule has 20 heavy (non-hydrogen) atoms. The Morgan fingerprint density at radius 1 is 1.35 bits per heavy atom. The predicted molar refractivity (Wildman–Crippen MR) is 83.5 cm³/mol. The number of carbonyl (C=O) groups is 1. The van der Waals surface area contributed by atoms with E-state index in [1.54, 1.807) is 6.08 Å². The average Bonchev–Trinajstić information content (AvgIpc) is 2.45. The van der Waals surface area contributed by atoms with Crippen LogP contribution in [-0.2, 0) is 4.79 Å². The first-order valence-electron chi connectivity index (χ1n) is 7.11. The lowest BCUT2D eigenvalue weighted by atomic mass is 10.00. The van der Waals surface area contributed by atoms with Gasteiger partial charge in [0.1, 0.15) is 0 Å². The Bertz CT molecular complexity index is 456. The van der Waals surface area contributed by atoms with Gasteiger partial charge in [-0.05, 0) is 36.5 Å². The summed E-state index contributed by atoms with van der Waals surface area (Å²) in [6, 6.07) is 8.16. The summed E-state index contributed by atoms with van der Waals surface area (Å²) in [5.41, 5.74) is 1.72. The molecule has 2 N–H and O–H groups in total. The molecule has 0 heterocycles. The van der Waals surface area contributed by atoms with Gasteiger partial charge >= 0.3 is 0 Å². The number of nitrogens with one attached hydrogen (secondary N) is 1. The van der Waals surface area contributed by atoms with Crippen molar-refractivity contribution in [1.82, 2.24) is 5.32 Å². The van der Waals surface area contributed by atoms with Crippen LogP contribution in [0, 0.1) is 0 Å². The summed E-state index contributed by atoms with van der Waals surface area (Å²) in [5, 5.41) is 12.1. The fourth-order valence-electron chi connectivity index (χ4n) is 1.74. The highest BCUT2D eigenvalue weighted by Gasteiger charge is 2.21. The molecule has 3 nitrogen and oxygen atoms in total. The van der Waals surface area contributed by atoms with Gasteiger partial charge in [0.15, 0.2) is 0 Å². The fraction of sp³-hybridized carbons (Fsp3) is 0.471. The van der Waals surface area contributed by atoms with Crippen molar-refractivity contribution in [3.63, 3.8) is 0 Å². The van der Waals surface area contributed by atoms with Gasteiger partial charge in [-0.3, -0.25) is 4.79 Å². The van der Waals surface area contributed by atoms with Gasteiger partial charge in [0.25, 0.3) is 0 Å². The highest BCUT2D eigenvalue weighted by atomic mass is 16.3. The zero-order valence-corrected chi connectivity index (χ0v) is 12.8. The van der Waals surface area contributed by atoms with Crippen LogP contribution in [0.5, 0.6) is 0 Å². The molecular weight excluding hydrogens is 250 g/mol. The molecule has 0 bridgehead atoms. The molecule has 0 aliphatic heterocycles. The molecule has 110 valence electrons. The van der Waals surface area contributed by atoms with Gasteiger partial charge in [-0.1, -0.05) is 45.0 Å². The molecule has 1 amide bonds. The van der Waals surface area contributed by atoms with E-state index >= 15 is 0 Å². The monoisotopic (exact) mass is 275 g/mol. The summed E-state index contributed by atoms with van der Waals surface area (Å²) in [6.45, 7) is 8.00. The van der Waals surface area contributed by atoms with E-state index in [2.05, 4.69) is 31.3 Å². The van der Waals surface area contributed by atoms with Gasteiger partial charge in [-0.2, -0.15) is 0 Å². The number of aliphatic hydroxyl groups is 1. The first-order chi connectivity index (χ1) is 9.40. The Morgan fingerprint density at radius 3 is 2.40 bits per heavy atom. The van der Waals surface area contributed by atoms with Crippen LogP contribution in [-0.4, -0.2) is 23.2 Å². The SMILES string of the molecule is CCC(C)(CO)NC(=O)C=Cc1ccc(C(C)C)cc1. The van der Waals surface area contributed by atoms with Gasteiger partial charge < -0.3 is 10.4 Å². The molecule has 1 aromatic carbocycles. The maximum atomic E-state index is 11.8. The molecule has 0 saturated heterocycles. The van der Waals surface area contributed by atoms with E-state index in [9.17, 15) is 9.90 Å². The number of rotatable bonds is 6. The lowest BCUT2D eigenvalue weighted by molar-refractivity contribution is -0.118. The van der Waals surface area contributed by atoms with Crippen molar-refractivity contribution in [1.29, 1.82) is 0 Å². The summed E-state index contributed by atoms with van der Waals surface area (Å²) in [5.74, 6) is 0.322. The summed E-state index contributed by atoms with van der Waals surface area (Å²) < 4.78 is 0. The van der Waals surface area contributed by atoms with Gasteiger partial charge in [-0.25, -0.2) is 0 Å². The largest absolute Gasteiger partial charge is 0.394 e. The zero-order chi connectivity index (χ0) is 15.2. The third kappa shape index (κ3) is 4.82. The van der Waals surface area contributed by atoms with E-state index in [-0.39, 0.29) is 12.5 Å². The fourth-order valence-corrected chi connectivity index (χ4v) is 1.74. The maximum absolute atomic E-state index is 11.8. The molecule has 1 rings (SSSR count). The van der Waals surface area contributed by atoms with E-state index in [0.717, 1.165) is 5.56 Å².